The van der Waals surface area contributed by atoms with E-state index in [0.717, 1.165) is 0 Å². The Morgan fingerprint density at radius 3 is 1.71 bits per heavy atom. The van der Waals surface area contributed by atoms with Gasteiger partial charge < -0.3 is 10.2 Å². The molecule has 2 N–H and O–H groups in total. The molecule has 0 aliphatic carbocycles. The van der Waals surface area contributed by atoms with Gasteiger partial charge in [-0.25, -0.2) is 9.59 Å². The zero-order chi connectivity index (χ0) is 11.5. The summed E-state index contributed by atoms with van der Waals surface area (Å²) in [7, 11) is 0. The fraction of sp³-hybridized carbons (Fsp3) is 0.600. The van der Waals surface area contributed by atoms with Crippen LogP contribution in [0.5, 0.6) is 0 Å². The molecule has 0 atom stereocenters. The minimum Gasteiger partial charge on any atom is -0.478 e. The number of aliphatic carboxylic acids is 2. The van der Waals surface area contributed by atoms with E-state index in [4.69, 9.17) is 10.2 Å². The molecule has 0 aromatic heterocycles. The SMILES string of the molecule is CC(C(=O)O)=C(CC(C)(C)C)C(=O)O. The second-order valence-corrected chi connectivity index (χ2v) is 4.45. The van der Waals surface area contributed by atoms with Crippen molar-refractivity contribution >= 4 is 11.9 Å². The molecule has 0 aliphatic rings. The Morgan fingerprint density at radius 1 is 1.07 bits per heavy atom. The smallest absolute Gasteiger partial charge is 0.332 e. The van der Waals surface area contributed by atoms with E-state index in [-0.39, 0.29) is 23.0 Å². The van der Waals surface area contributed by atoms with Crippen molar-refractivity contribution < 1.29 is 19.8 Å². The average Bonchev–Trinajstić information content (AvgIpc) is 1.96. The van der Waals surface area contributed by atoms with Crippen molar-refractivity contribution in [1.82, 2.24) is 0 Å². The fourth-order valence-corrected chi connectivity index (χ4v) is 1.03. The first-order valence-electron chi connectivity index (χ1n) is 4.31. The summed E-state index contributed by atoms with van der Waals surface area (Å²) < 4.78 is 0. The van der Waals surface area contributed by atoms with Gasteiger partial charge in [0.05, 0.1) is 0 Å². The quantitative estimate of drug-likeness (QED) is 0.682. The topological polar surface area (TPSA) is 74.6 Å². The highest BCUT2D eigenvalue weighted by Gasteiger charge is 2.22. The van der Waals surface area contributed by atoms with Crippen LogP contribution < -0.4 is 0 Å². The van der Waals surface area contributed by atoms with Crippen LogP contribution in [0, 0.1) is 5.41 Å². The third-order valence-corrected chi connectivity index (χ3v) is 1.74. The zero-order valence-electron chi connectivity index (χ0n) is 8.92. The van der Waals surface area contributed by atoms with Crippen molar-refractivity contribution in [2.75, 3.05) is 0 Å². The Labute approximate surface area is 83.2 Å². The van der Waals surface area contributed by atoms with Gasteiger partial charge in [-0.1, -0.05) is 20.8 Å². The molecule has 0 radical (unpaired) electrons. The number of carboxylic acid groups (broad SMARTS) is 2. The summed E-state index contributed by atoms with van der Waals surface area (Å²) in [5.74, 6) is -2.33. The van der Waals surface area contributed by atoms with Crippen molar-refractivity contribution in [1.29, 1.82) is 0 Å². The van der Waals surface area contributed by atoms with E-state index in [1.807, 2.05) is 20.8 Å². The number of hydrogen-bond donors (Lipinski definition) is 2. The molecule has 0 spiro atoms. The molecular weight excluding hydrogens is 184 g/mol. The van der Waals surface area contributed by atoms with Crippen molar-refractivity contribution in [3.63, 3.8) is 0 Å². The van der Waals surface area contributed by atoms with E-state index in [0.29, 0.717) is 0 Å². The Bertz CT molecular complexity index is 281. The Morgan fingerprint density at radius 2 is 1.50 bits per heavy atom. The first kappa shape index (κ1) is 12.7. The average molecular weight is 200 g/mol. The standard InChI is InChI=1S/C10H16O4/c1-6(8(11)12)7(9(13)14)5-10(2,3)4/h5H2,1-4H3,(H,11,12)(H,13,14). The normalized spacial score (nSPS) is 13.4. The summed E-state index contributed by atoms with van der Waals surface area (Å²) in [6, 6.07) is 0. The van der Waals surface area contributed by atoms with Crippen LogP contribution in [0.4, 0.5) is 0 Å². The van der Waals surface area contributed by atoms with Crippen molar-refractivity contribution in [3.05, 3.63) is 11.1 Å². The molecule has 0 aliphatic heterocycles. The van der Waals surface area contributed by atoms with Gasteiger partial charge in [0.15, 0.2) is 0 Å². The minimum absolute atomic E-state index is 0.0231. The molecule has 0 aromatic carbocycles. The van der Waals surface area contributed by atoms with Gasteiger partial charge in [-0.2, -0.15) is 0 Å². The molecular formula is C10H16O4. The molecule has 0 aromatic rings. The summed E-state index contributed by atoms with van der Waals surface area (Å²) in [4.78, 5) is 21.4. The number of rotatable bonds is 3. The van der Waals surface area contributed by atoms with Crippen molar-refractivity contribution in [3.8, 4) is 0 Å². The van der Waals surface area contributed by atoms with Crippen LogP contribution in [-0.4, -0.2) is 22.2 Å². The van der Waals surface area contributed by atoms with E-state index in [9.17, 15) is 9.59 Å². The Kier molecular flexibility index (Phi) is 3.86. The number of hydrogen-bond acceptors (Lipinski definition) is 2. The van der Waals surface area contributed by atoms with Crippen LogP contribution in [0.25, 0.3) is 0 Å². The lowest BCUT2D eigenvalue weighted by Gasteiger charge is -2.19. The maximum atomic E-state index is 10.8. The largest absolute Gasteiger partial charge is 0.478 e. The second kappa shape index (κ2) is 4.26. The summed E-state index contributed by atoms with van der Waals surface area (Å²) in [6.07, 6.45) is 0.250. The first-order valence-corrected chi connectivity index (χ1v) is 4.31. The molecule has 0 saturated carbocycles. The van der Waals surface area contributed by atoms with Crippen LogP contribution in [0.3, 0.4) is 0 Å². The lowest BCUT2D eigenvalue weighted by atomic mass is 9.86. The maximum absolute atomic E-state index is 10.8. The third kappa shape index (κ3) is 4.07. The fourth-order valence-electron chi connectivity index (χ4n) is 1.03. The van der Waals surface area contributed by atoms with Gasteiger partial charge in [0.25, 0.3) is 0 Å². The molecule has 0 bridgehead atoms. The van der Waals surface area contributed by atoms with Gasteiger partial charge in [-0.05, 0) is 18.8 Å². The van der Waals surface area contributed by atoms with Gasteiger partial charge >= 0.3 is 11.9 Å². The van der Waals surface area contributed by atoms with Gasteiger partial charge in [0.1, 0.15) is 0 Å². The van der Waals surface area contributed by atoms with E-state index in [2.05, 4.69) is 0 Å². The molecule has 0 amide bonds. The van der Waals surface area contributed by atoms with Gasteiger partial charge in [0.2, 0.25) is 0 Å². The second-order valence-electron chi connectivity index (χ2n) is 4.45. The predicted molar refractivity (Wildman–Crippen MR) is 52.0 cm³/mol. The highest BCUT2D eigenvalue weighted by Crippen LogP contribution is 2.26. The predicted octanol–water partition coefficient (Wildman–Crippen LogP) is 1.91. The van der Waals surface area contributed by atoms with Crippen molar-refractivity contribution in [2.24, 2.45) is 5.41 Å². The van der Waals surface area contributed by atoms with Gasteiger partial charge in [0, 0.05) is 11.1 Å². The molecule has 0 fully saturated rings. The zero-order valence-corrected chi connectivity index (χ0v) is 8.92. The highest BCUT2D eigenvalue weighted by atomic mass is 16.4. The summed E-state index contributed by atoms with van der Waals surface area (Å²) in [5, 5.41) is 17.5. The van der Waals surface area contributed by atoms with Crippen LogP contribution in [0.2, 0.25) is 0 Å². The lowest BCUT2D eigenvalue weighted by Crippen LogP contribution is -2.16. The Hall–Kier alpha value is -1.32. The lowest BCUT2D eigenvalue weighted by molar-refractivity contribution is -0.136. The molecule has 14 heavy (non-hydrogen) atoms. The van der Waals surface area contributed by atoms with Gasteiger partial charge in [-0.3, -0.25) is 0 Å². The molecule has 4 heteroatoms. The maximum Gasteiger partial charge on any atom is 0.332 e. The minimum atomic E-state index is -1.17. The monoisotopic (exact) mass is 200 g/mol. The summed E-state index contributed by atoms with van der Waals surface area (Å²) >= 11 is 0. The molecule has 0 rings (SSSR count). The van der Waals surface area contributed by atoms with E-state index in [1.54, 1.807) is 0 Å². The summed E-state index contributed by atoms with van der Waals surface area (Å²) in [5.41, 5.74) is -0.345. The van der Waals surface area contributed by atoms with E-state index >= 15 is 0 Å². The highest BCUT2D eigenvalue weighted by molar-refractivity contribution is 5.98. The number of carbonyl (C=O) groups is 2. The molecule has 0 saturated heterocycles. The van der Waals surface area contributed by atoms with E-state index in [1.165, 1.54) is 6.92 Å². The molecule has 4 nitrogen and oxygen atoms in total. The Balaban J connectivity index is 5.07. The number of carboxylic acids is 2. The first-order chi connectivity index (χ1) is 6.15. The molecule has 0 unspecified atom stereocenters. The van der Waals surface area contributed by atoms with Crippen LogP contribution in [0.15, 0.2) is 11.1 Å². The van der Waals surface area contributed by atoms with Crippen LogP contribution in [0.1, 0.15) is 34.1 Å². The summed E-state index contributed by atoms with van der Waals surface area (Å²) in [6.45, 7) is 6.92. The van der Waals surface area contributed by atoms with Gasteiger partial charge in [-0.15, -0.1) is 0 Å². The van der Waals surface area contributed by atoms with E-state index < -0.39 is 11.9 Å². The van der Waals surface area contributed by atoms with Crippen LogP contribution >= 0.6 is 0 Å². The van der Waals surface area contributed by atoms with Crippen LogP contribution in [-0.2, 0) is 9.59 Å². The molecule has 80 valence electrons. The van der Waals surface area contributed by atoms with Crippen molar-refractivity contribution in [2.45, 2.75) is 34.1 Å². The molecule has 0 heterocycles. The third-order valence-electron chi connectivity index (χ3n) is 1.74.